The first-order valence-electron chi connectivity index (χ1n) is 2.87. The molecule has 0 fully saturated rings. The summed E-state index contributed by atoms with van der Waals surface area (Å²) < 4.78 is 0. The fourth-order valence-electron chi connectivity index (χ4n) is 0.760. The van der Waals surface area contributed by atoms with Crippen molar-refractivity contribution in [1.29, 1.82) is 5.26 Å². The van der Waals surface area contributed by atoms with Crippen LogP contribution in [0.4, 0.5) is 0 Å². The number of hydrogen-bond donors (Lipinski definition) is 0. The molecule has 1 nitrogen and oxygen atoms in total. The molecule has 0 aliphatic heterocycles. The van der Waals surface area contributed by atoms with Gasteiger partial charge in [0.2, 0.25) is 0 Å². The highest BCUT2D eigenvalue weighted by molar-refractivity contribution is 4.85. The van der Waals surface area contributed by atoms with E-state index in [4.69, 9.17) is 11.8 Å². The summed E-state index contributed by atoms with van der Waals surface area (Å²) in [5, 5.41) is 6.25. The second-order valence-electron chi connectivity index (χ2n) is 1.76. The first kappa shape index (κ1) is 7.23. The SMILES string of the molecule is C1=CCCCC1.[C-]#N. The van der Waals surface area contributed by atoms with Gasteiger partial charge >= 0.3 is 0 Å². The van der Waals surface area contributed by atoms with Gasteiger partial charge in [0.25, 0.3) is 0 Å². The molecule has 0 saturated heterocycles. The summed E-state index contributed by atoms with van der Waals surface area (Å²) in [6.45, 7) is 4.75. The van der Waals surface area contributed by atoms with Gasteiger partial charge in [-0.1, -0.05) is 12.2 Å². The molecule has 0 heterocycles. The molecule has 1 aliphatic carbocycles. The van der Waals surface area contributed by atoms with Gasteiger partial charge < -0.3 is 11.8 Å². The van der Waals surface area contributed by atoms with Gasteiger partial charge in [-0.05, 0) is 25.7 Å². The summed E-state index contributed by atoms with van der Waals surface area (Å²) in [4.78, 5) is 0. The number of allylic oxidation sites excluding steroid dienone is 2. The van der Waals surface area contributed by atoms with Crippen LogP contribution < -0.4 is 0 Å². The number of hydrogen-bond acceptors (Lipinski definition) is 1. The Balaban J connectivity index is 0.000000222. The predicted molar refractivity (Wildman–Crippen MR) is 32.6 cm³/mol. The van der Waals surface area contributed by atoms with Gasteiger partial charge in [0.15, 0.2) is 0 Å². The highest BCUT2D eigenvalue weighted by Crippen LogP contribution is 2.07. The Morgan fingerprint density at radius 2 is 1.38 bits per heavy atom. The van der Waals surface area contributed by atoms with Crippen molar-refractivity contribution in [1.82, 2.24) is 0 Å². The Labute approximate surface area is 50.6 Å². The average molecular weight is 108 g/mol. The number of nitrogens with zero attached hydrogens (tertiary/aromatic N) is 1. The van der Waals surface area contributed by atoms with Crippen LogP contribution in [0.25, 0.3) is 0 Å². The molecule has 0 bridgehead atoms. The molecule has 1 aliphatic rings. The van der Waals surface area contributed by atoms with Gasteiger partial charge in [0, 0.05) is 0 Å². The van der Waals surface area contributed by atoms with Gasteiger partial charge in [-0.25, -0.2) is 0 Å². The molecule has 0 amide bonds. The summed E-state index contributed by atoms with van der Waals surface area (Å²) in [5.41, 5.74) is 0. The largest absolute Gasteiger partial charge is 0.512 e. The Morgan fingerprint density at radius 3 is 1.50 bits per heavy atom. The third-order valence-corrected chi connectivity index (χ3v) is 1.16. The van der Waals surface area contributed by atoms with E-state index in [9.17, 15) is 0 Å². The third kappa shape index (κ3) is 3.42. The molecule has 0 radical (unpaired) electrons. The molecule has 0 saturated carbocycles. The summed E-state index contributed by atoms with van der Waals surface area (Å²) in [7, 11) is 0. The zero-order valence-electron chi connectivity index (χ0n) is 4.93. The smallest absolute Gasteiger partial charge is 0.0351 e. The zero-order valence-corrected chi connectivity index (χ0v) is 4.93. The predicted octanol–water partition coefficient (Wildman–Crippen LogP) is 2.21. The lowest BCUT2D eigenvalue weighted by molar-refractivity contribution is 0.730. The van der Waals surface area contributed by atoms with Crippen molar-refractivity contribution in [3.63, 3.8) is 0 Å². The van der Waals surface area contributed by atoms with Crippen LogP contribution in [0.15, 0.2) is 12.2 Å². The van der Waals surface area contributed by atoms with E-state index in [2.05, 4.69) is 12.2 Å². The van der Waals surface area contributed by atoms with E-state index in [1.807, 2.05) is 0 Å². The third-order valence-electron chi connectivity index (χ3n) is 1.16. The van der Waals surface area contributed by atoms with E-state index >= 15 is 0 Å². The highest BCUT2D eigenvalue weighted by Gasteiger charge is 1.87. The minimum absolute atomic E-state index is 1.32. The topological polar surface area (TPSA) is 23.8 Å². The lowest BCUT2D eigenvalue weighted by atomic mass is 10.1. The number of rotatable bonds is 0. The van der Waals surface area contributed by atoms with Crippen LogP contribution in [0, 0.1) is 11.8 Å². The molecule has 44 valence electrons. The summed E-state index contributed by atoms with van der Waals surface area (Å²) in [6, 6.07) is 0. The quantitative estimate of drug-likeness (QED) is 0.345. The Bertz CT molecular complexity index is 73.6. The van der Waals surface area contributed by atoms with Crippen molar-refractivity contribution in [2.75, 3.05) is 0 Å². The first-order valence-corrected chi connectivity index (χ1v) is 2.87. The Morgan fingerprint density at radius 1 is 1.00 bits per heavy atom. The van der Waals surface area contributed by atoms with Crippen molar-refractivity contribution in [3.8, 4) is 0 Å². The van der Waals surface area contributed by atoms with Crippen molar-refractivity contribution in [2.24, 2.45) is 0 Å². The van der Waals surface area contributed by atoms with E-state index in [0.717, 1.165) is 0 Å². The molecule has 8 heavy (non-hydrogen) atoms. The van der Waals surface area contributed by atoms with Crippen molar-refractivity contribution in [2.45, 2.75) is 25.7 Å². The van der Waals surface area contributed by atoms with Crippen molar-refractivity contribution >= 4 is 0 Å². The first-order chi connectivity index (χ1) is 4.00. The van der Waals surface area contributed by atoms with E-state index < -0.39 is 0 Å². The molecular formula is C7H10N-. The molecule has 0 N–H and O–H groups in total. The van der Waals surface area contributed by atoms with Gasteiger partial charge in [-0.2, -0.15) is 0 Å². The monoisotopic (exact) mass is 108 g/mol. The molecule has 0 aromatic carbocycles. The summed E-state index contributed by atoms with van der Waals surface area (Å²) in [6.07, 6.45) is 10.0. The lowest BCUT2D eigenvalue weighted by Crippen LogP contribution is -1.77. The fourth-order valence-corrected chi connectivity index (χ4v) is 0.760. The van der Waals surface area contributed by atoms with E-state index in [0.29, 0.717) is 0 Å². The lowest BCUT2D eigenvalue weighted by Gasteiger charge is -1.97. The minimum Gasteiger partial charge on any atom is -0.512 e. The van der Waals surface area contributed by atoms with Crippen molar-refractivity contribution < 1.29 is 0 Å². The molecule has 0 atom stereocenters. The fraction of sp³-hybridized carbons (Fsp3) is 0.571. The standard InChI is InChI=1S/C6H10.CN/c1-2-4-6-5-3-1;1-2/h1-2H,3-6H2;/q;-1. The van der Waals surface area contributed by atoms with Gasteiger partial charge in [-0.3, -0.25) is 0 Å². The summed E-state index contributed by atoms with van der Waals surface area (Å²) >= 11 is 0. The maximum atomic E-state index is 6.25. The maximum absolute atomic E-state index is 6.25. The van der Waals surface area contributed by atoms with Gasteiger partial charge in [0.1, 0.15) is 0 Å². The van der Waals surface area contributed by atoms with Crippen LogP contribution in [0.1, 0.15) is 25.7 Å². The summed E-state index contributed by atoms with van der Waals surface area (Å²) in [5.74, 6) is 0. The second kappa shape index (κ2) is 6.23. The molecular weight excluding hydrogens is 98.1 g/mol. The van der Waals surface area contributed by atoms with Crippen LogP contribution >= 0.6 is 0 Å². The van der Waals surface area contributed by atoms with Crippen LogP contribution in [-0.2, 0) is 0 Å². The van der Waals surface area contributed by atoms with Gasteiger partial charge in [0.05, 0.1) is 0 Å². The van der Waals surface area contributed by atoms with Crippen LogP contribution in [0.2, 0.25) is 0 Å². The van der Waals surface area contributed by atoms with Gasteiger partial charge in [-0.15, -0.1) is 0 Å². The molecule has 1 rings (SSSR count). The van der Waals surface area contributed by atoms with Crippen LogP contribution in [-0.4, -0.2) is 0 Å². The van der Waals surface area contributed by atoms with Crippen LogP contribution in [0.5, 0.6) is 0 Å². The zero-order chi connectivity index (χ0) is 6.24. The normalized spacial score (nSPS) is 16.2. The molecule has 0 unspecified atom stereocenters. The van der Waals surface area contributed by atoms with E-state index in [1.165, 1.54) is 25.7 Å². The molecule has 0 aromatic rings. The average Bonchev–Trinajstić information content (AvgIpc) is 1.96. The molecule has 0 aromatic heterocycles. The van der Waals surface area contributed by atoms with E-state index in [1.54, 1.807) is 0 Å². The second-order valence-corrected chi connectivity index (χ2v) is 1.76. The molecule has 1 heteroatoms. The Kier molecular flexibility index (Phi) is 5.63. The highest BCUT2D eigenvalue weighted by atomic mass is 14.2. The molecule has 0 spiro atoms. The van der Waals surface area contributed by atoms with Crippen LogP contribution in [0.3, 0.4) is 0 Å². The Hall–Kier alpha value is -0.770. The van der Waals surface area contributed by atoms with Crippen molar-refractivity contribution in [3.05, 3.63) is 18.7 Å². The maximum Gasteiger partial charge on any atom is -0.0351 e. The minimum atomic E-state index is 1.32. The van der Waals surface area contributed by atoms with E-state index in [-0.39, 0.29) is 0 Å².